The molecule has 0 spiro atoms. The van der Waals surface area contributed by atoms with E-state index in [4.69, 9.17) is 17.0 Å². The van der Waals surface area contributed by atoms with Crippen molar-refractivity contribution in [2.45, 2.75) is 11.8 Å². The number of rotatable bonds is 6. The molecule has 128 valence electrons. The van der Waals surface area contributed by atoms with Crippen molar-refractivity contribution < 1.29 is 9.53 Å². The Balaban J connectivity index is 1.59. The molecule has 0 bridgehead atoms. The van der Waals surface area contributed by atoms with E-state index < -0.39 is 0 Å². The van der Waals surface area contributed by atoms with Gasteiger partial charge in [-0.3, -0.25) is 4.79 Å². The summed E-state index contributed by atoms with van der Waals surface area (Å²) in [7, 11) is 0. The van der Waals surface area contributed by atoms with E-state index in [1.165, 1.54) is 22.2 Å². The summed E-state index contributed by atoms with van der Waals surface area (Å²) >= 11 is 8.06. The molecule has 1 N–H and O–H groups in total. The summed E-state index contributed by atoms with van der Waals surface area (Å²) < 4.78 is 6.41. The van der Waals surface area contributed by atoms with Crippen LogP contribution < -0.4 is 10.1 Å². The highest BCUT2D eigenvalue weighted by Gasteiger charge is 2.22. The number of para-hydroxylation sites is 1. The Labute approximate surface area is 161 Å². The second kappa shape index (κ2) is 8.56. The first-order valence-electron chi connectivity index (χ1n) is 7.78. The molecule has 0 unspecified atom stereocenters. The highest BCUT2D eigenvalue weighted by Crippen LogP contribution is 2.29. The van der Waals surface area contributed by atoms with Crippen molar-refractivity contribution in [2.75, 3.05) is 12.4 Å². The Morgan fingerprint density at radius 2 is 1.96 bits per heavy atom. The number of carbonyl (C=O) groups excluding carboxylic acids is 1. The number of nitrogens with one attached hydrogen (secondary N) is 1. The zero-order valence-corrected chi connectivity index (χ0v) is 16.1. The molecule has 3 rings (SSSR count). The van der Waals surface area contributed by atoms with Gasteiger partial charge in [-0.1, -0.05) is 59.9 Å². The van der Waals surface area contributed by atoms with E-state index in [0.717, 1.165) is 17.1 Å². The number of amides is 1. The Morgan fingerprint density at radius 3 is 2.68 bits per heavy atom. The minimum atomic E-state index is -0.153. The molecule has 1 aliphatic rings. The van der Waals surface area contributed by atoms with Gasteiger partial charge in [-0.25, -0.2) is 0 Å². The second-order valence-electron chi connectivity index (χ2n) is 5.40. The number of benzene rings is 2. The highest BCUT2D eigenvalue weighted by molar-refractivity contribution is 8.26. The van der Waals surface area contributed by atoms with E-state index in [2.05, 4.69) is 36.5 Å². The normalized spacial score (nSPS) is 15.5. The fourth-order valence-corrected chi connectivity index (χ4v) is 4.01. The third-order valence-electron chi connectivity index (χ3n) is 3.48. The average molecular weight is 388 g/mol. The number of thioether (sulfide) groups is 2. The molecule has 2 aromatic rings. The largest absolute Gasteiger partial charge is 0.492 e. The van der Waals surface area contributed by atoms with Crippen molar-refractivity contribution in [1.29, 1.82) is 0 Å². The van der Waals surface area contributed by atoms with Crippen LogP contribution in [-0.4, -0.2) is 22.6 Å². The first-order valence-corrected chi connectivity index (χ1v) is 9.99. The van der Waals surface area contributed by atoms with Gasteiger partial charge in [-0.05, 0) is 31.2 Å². The number of hydrogen-bond donors (Lipinski definition) is 1. The monoisotopic (exact) mass is 387 g/mol. The van der Waals surface area contributed by atoms with Crippen molar-refractivity contribution in [3.8, 4) is 5.75 Å². The summed E-state index contributed by atoms with van der Waals surface area (Å²) in [6.07, 6.45) is 1.82. The van der Waals surface area contributed by atoms with Crippen LogP contribution in [0.3, 0.4) is 0 Å². The van der Waals surface area contributed by atoms with E-state index in [0.29, 0.717) is 15.8 Å². The molecule has 2 aromatic carbocycles. The average Bonchev–Trinajstić information content (AvgIpc) is 2.92. The van der Waals surface area contributed by atoms with Gasteiger partial charge in [-0.2, -0.15) is 0 Å². The fraction of sp³-hybridized carbons (Fsp3) is 0.158. The van der Waals surface area contributed by atoms with E-state index in [9.17, 15) is 4.79 Å². The summed E-state index contributed by atoms with van der Waals surface area (Å²) in [5, 5.41) is 2.62. The van der Waals surface area contributed by atoms with Gasteiger partial charge in [-0.15, -0.1) is 11.8 Å². The van der Waals surface area contributed by atoms with Crippen molar-refractivity contribution >= 4 is 52.0 Å². The summed E-state index contributed by atoms with van der Waals surface area (Å²) in [5.41, 5.74) is 2.14. The molecule has 6 heteroatoms. The molecular weight excluding hydrogens is 370 g/mol. The van der Waals surface area contributed by atoms with Crippen LogP contribution in [0.25, 0.3) is 6.08 Å². The van der Waals surface area contributed by atoms with Gasteiger partial charge in [0.05, 0.1) is 11.5 Å². The molecule has 1 fully saturated rings. The quantitative estimate of drug-likeness (QED) is 0.338. The van der Waals surface area contributed by atoms with Gasteiger partial charge in [0.1, 0.15) is 10.1 Å². The maximum absolute atomic E-state index is 11.8. The molecule has 3 nitrogen and oxygen atoms in total. The lowest BCUT2D eigenvalue weighted by Gasteiger charge is -2.09. The molecule has 1 saturated heterocycles. The SMILES string of the molecule is Cc1ccc(SCCOc2ccccc2C=C2SC(=S)NC2=O)cc1. The van der Waals surface area contributed by atoms with Gasteiger partial charge in [0.15, 0.2) is 0 Å². The maximum Gasteiger partial charge on any atom is 0.263 e. The van der Waals surface area contributed by atoms with E-state index in [1.54, 1.807) is 11.8 Å². The molecule has 1 aliphatic heterocycles. The van der Waals surface area contributed by atoms with Gasteiger partial charge in [0.25, 0.3) is 5.91 Å². The first kappa shape index (κ1) is 18.0. The van der Waals surface area contributed by atoms with Crippen LogP contribution in [0.1, 0.15) is 11.1 Å². The third-order valence-corrected chi connectivity index (χ3v) is 5.62. The third kappa shape index (κ3) is 5.11. The predicted octanol–water partition coefficient (Wildman–Crippen LogP) is 4.65. The molecular formula is C19H17NO2S3. The van der Waals surface area contributed by atoms with E-state index in [1.807, 2.05) is 30.3 Å². The topological polar surface area (TPSA) is 38.3 Å². The lowest BCUT2D eigenvalue weighted by molar-refractivity contribution is -0.115. The zero-order chi connectivity index (χ0) is 17.6. The predicted molar refractivity (Wildman–Crippen MR) is 110 cm³/mol. The lowest BCUT2D eigenvalue weighted by Crippen LogP contribution is -2.17. The Hall–Kier alpha value is -1.76. The van der Waals surface area contributed by atoms with Gasteiger partial charge in [0, 0.05) is 16.2 Å². The molecule has 0 atom stereocenters. The van der Waals surface area contributed by atoms with Crippen molar-refractivity contribution in [3.05, 3.63) is 64.6 Å². The minimum Gasteiger partial charge on any atom is -0.492 e. The standard InChI is InChI=1S/C19H17NO2S3/c1-13-6-8-15(9-7-13)24-11-10-22-16-5-3-2-4-14(16)12-17-18(21)20-19(23)25-17/h2-9,12H,10-11H2,1H3,(H,20,21,23). The number of hydrogen-bond acceptors (Lipinski definition) is 5. The number of carbonyl (C=O) groups is 1. The Kier molecular flexibility index (Phi) is 6.18. The van der Waals surface area contributed by atoms with Crippen LogP contribution in [0.2, 0.25) is 0 Å². The Bertz CT molecular complexity index is 816. The molecule has 0 aromatic heterocycles. The smallest absolute Gasteiger partial charge is 0.263 e. The summed E-state index contributed by atoms with van der Waals surface area (Å²) in [6.45, 7) is 2.68. The molecule has 0 aliphatic carbocycles. The fourth-order valence-electron chi connectivity index (χ4n) is 2.24. The van der Waals surface area contributed by atoms with Crippen LogP contribution in [-0.2, 0) is 4.79 Å². The van der Waals surface area contributed by atoms with E-state index >= 15 is 0 Å². The van der Waals surface area contributed by atoms with Crippen molar-refractivity contribution in [1.82, 2.24) is 5.32 Å². The number of thiocarbonyl (C=S) groups is 1. The minimum absolute atomic E-state index is 0.153. The molecule has 25 heavy (non-hydrogen) atoms. The Morgan fingerprint density at radius 1 is 1.20 bits per heavy atom. The van der Waals surface area contributed by atoms with Crippen LogP contribution in [0.15, 0.2) is 58.3 Å². The lowest BCUT2D eigenvalue weighted by atomic mass is 10.2. The molecule has 0 saturated carbocycles. The van der Waals surface area contributed by atoms with Gasteiger partial charge >= 0.3 is 0 Å². The molecule has 1 heterocycles. The highest BCUT2D eigenvalue weighted by atomic mass is 32.2. The molecule has 0 radical (unpaired) electrons. The zero-order valence-electron chi connectivity index (χ0n) is 13.7. The number of ether oxygens (including phenoxy) is 1. The van der Waals surface area contributed by atoms with Crippen LogP contribution in [0.4, 0.5) is 0 Å². The number of aryl methyl sites for hydroxylation is 1. The van der Waals surface area contributed by atoms with Crippen molar-refractivity contribution in [2.24, 2.45) is 0 Å². The van der Waals surface area contributed by atoms with Crippen LogP contribution >= 0.6 is 35.7 Å². The van der Waals surface area contributed by atoms with Crippen LogP contribution in [0.5, 0.6) is 5.75 Å². The molecule has 1 amide bonds. The second-order valence-corrected chi connectivity index (χ2v) is 8.29. The summed E-state index contributed by atoms with van der Waals surface area (Å²) in [5.74, 6) is 1.47. The maximum atomic E-state index is 11.8. The summed E-state index contributed by atoms with van der Waals surface area (Å²) in [6, 6.07) is 16.2. The van der Waals surface area contributed by atoms with Crippen LogP contribution in [0, 0.1) is 6.92 Å². The van der Waals surface area contributed by atoms with Gasteiger partial charge < -0.3 is 10.1 Å². The first-order chi connectivity index (χ1) is 12.1. The van der Waals surface area contributed by atoms with Crippen molar-refractivity contribution in [3.63, 3.8) is 0 Å². The van der Waals surface area contributed by atoms with E-state index in [-0.39, 0.29) is 5.91 Å². The van der Waals surface area contributed by atoms with Gasteiger partial charge in [0.2, 0.25) is 0 Å². The summed E-state index contributed by atoms with van der Waals surface area (Å²) in [4.78, 5) is 13.6.